The van der Waals surface area contributed by atoms with E-state index in [9.17, 15) is 10.1 Å². The summed E-state index contributed by atoms with van der Waals surface area (Å²) < 4.78 is 0. The molecule has 0 radical (unpaired) electrons. The Balaban J connectivity index is 2.11. The third kappa shape index (κ3) is 4.19. The lowest BCUT2D eigenvalue weighted by atomic mass is 9.96. The molecule has 0 saturated heterocycles. The number of hydrogen-bond donors (Lipinski definition) is 0. The van der Waals surface area contributed by atoms with Gasteiger partial charge in [-0.05, 0) is 42.5 Å². The van der Waals surface area contributed by atoms with E-state index in [1.807, 2.05) is 55.7 Å². The highest BCUT2D eigenvalue weighted by molar-refractivity contribution is 7.99. The molecule has 2 aromatic carbocycles. The van der Waals surface area contributed by atoms with Crippen molar-refractivity contribution >= 4 is 46.2 Å². The number of thioether (sulfide) groups is 1. The van der Waals surface area contributed by atoms with Crippen molar-refractivity contribution in [2.45, 2.75) is 12.2 Å². The predicted octanol–water partition coefficient (Wildman–Crippen LogP) is 5.33. The standard InChI is InChI=1S/C22H18ClN3OS/c1-15-21(22(27)26(25-15)18-10-6-9-17(23)13-18)20(12-11-19(14-24)28-2)16-7-4-3-5-8-16/h3-13,19H,1-2H3/b12-11+,21-20+. The zero-order chi connectivity index (χ0) is 20.1. The van der Waals surface area contributed by atoms with Crippen LogP contribution >= 0.6 is 23.4 Å². The number of halogens is 1. The normalized spacial score (nSPS) is 16.9. The molecule has 140 valence electrons. The van der Waals surface area contributed by atoms with E-state index in [1.165, 1.54) is 16.8 Å². The van der Waals surface area contributed by atoms with Gasteiger partial charge in [0.2, 0.25) is 0 Å². The zero-order valence-corrected chi connectivity index (χ0v) is 17.0. The lowest BCUT2D eigenvalue weighted by Gasteiger charge is -2.13. The van der Waals surface area contributed by atoms with Gasteiger partial charge in [0.1, 0.15) is 5.25 Å². The minimum absolute atomic E-state index is 0.221. The third-order valence-electron chi connectivity index (χ3n) is 4.24. The second-order valence-corrected chi connectivity index (χ2v) is 7.50. The van der Waals surface area contributed by atoms with Gasteiger partial charge in [-0.3, -0.25) is 4.79 Å². The summed E-state index contributed by atoms with van der Waals surface area (Å²) in [5, 5.41) is 15.3. The number of anilines is 1. The van der Waals surface area contributed by atoms with Gasteiger partial charge in [-0.15, -0.1) is 11.8 Å². The molecule has 0 aromatic heterocycles. The molecular weight excluding hydrogens is 390 g/mol. The van der Waals surface area contributed by atoms with E-state index < -0.39 is 0 Å². The van der Waals surface area contributed by atoms with Crippen molar-refractivity contribution in [3.8, 4) is 6.07 Å². The van der Waals surface area contributed by atoms with Gasteiger partial charge >= 0.3 is 0 Å². The summed E-state index contributed by atoms with van der Waals surface area (Å²) in [6.45, 7) is 1.81. The van der Waals surface area contributed by atoms with Gasteiger partial charge in [0.05, 0.1) is 23.0 Å². The molecular formula is C22H18ClN3OS. The Morgan fingerprint density at radius 2 is 2.00 bits per heavy atom. The number of rotatable bonds is 5. The van der Waals surface area contributed by atoms with Gasteiger partial charge < -0.3 is 0 Å². The first kappa shape index (κ1) is 19.9. The molecule has 1 unspecified atom stereocenters. The lowest BCUT2D eigenvalue weighted by molar-refractivity contribution is -0.114. The van der Waals surface area contributed by atoms with E-state index in [0.29, 0.717) is 22.0 Å². The van der Waals surface area contributed by atoms with Crippen LogP contribution in [0.3, 0.4) is 0 Å². The molecule has 0 saturated carbocycles. The number of hydrogen-bond acceptors (Lipinski definition) is 4. The molecule has 0 fully saturated rings. The summed E-state index contributed by atoms with van der Waals surface area (Å²) in [5.41, 5.74) is 3.38. The second kappa shape index (κ2) is 8.92. The Morgan fingerprint density at radius 1 is 1.25 bits per heavy atom. The Hall–Kier alpha value is -2.81. The maximum absolute atomic E-state index is 13.2. The molecule has 6 heteroatoms. The van der Waals surface area contributed by atoms with Gasteiger partial charge in [-0.2, -0.15) is 15.4 Å². The molecule has 2 aromatic rings. The minimum Gasteiger partial charge on any atom is -0.267 e. The Kier molecular flexibility index (Phi) is 6.35. The molecule has 1 amide bonds. The van der Waals surface area contributed by atoms with Crippen molar-refractivity contribution in [1.29, 1.82) is 5.26 Å². The molecule has 1 aliphatic rings. The Morgan fingerprint density at radius 3 is 2.64 bits per heavy atom. The van der Waals surface area contributed by atoms with Crippen LogP contribution in [0.4, 0.5) is 5.69 Å². The number of amides is 1. The highest BCUT2D eigenvalue weighted by atomic mass is 35.5. The Bertz CT molecular complexity index is 1020. The largest absolute Gasteiger partial charge is 0.281 e. The molecule has 4 nitrogen and oxygen atoms in total. The average molecular weight is 408 g/mol. The van der Waals surface area contributed by atoms with Crippen molar-refractivity contribution < 1.29 is 4.79 Å². The van der Waals surface area contributed by atoms with Crippen molar-refractivity contribution in [2.24, 2.45) is 5.10 Å². The van der Waals surface area contributed by atoms with Crippen molar-refractivity contribution in [3.05, 3.63) is 82.9 Å². The number of nitrogens with zero attached hydrogens (tertiary/aromatic N) is 3. The fraction of sp³-hybridized carbons (Fsp3) is 0.136. The second-order valence-electron chi connectivity index (χ2n) is 6.08. The predicted molar refractivity (Wildman–Crippen MR) is 117 cm³/mol. The fourth-order valence-corrected chi connectivity index (χ4v) is 3.42. The average Bonchev–Trinajstić information content (AvgIpc) is 3.00. The molecule has 28 heavy (non-hydrogen) atoms. The van der Waals surface area contributed by atoms with Crippen LogP contribution in [0.25, 0.3) is 5.57 Å². The first-order valence-corrected chi connectivity index (χ1v) is 10.3. The van der Waals surface area contributed by atoms with E-state index in [0.717, 1.165) is 11.1 Å². The third-order valence-corrected chi connectivity index (χ3v) is 5.25. The molecule has 1 atom stereocenters. The maximum atomic E-state index is 13.2. The van der Waals surface area contributed by atoms with Crippen LogP contribution in [0.5, 0.6) is 0 Å². The van der Waals surface area contributed by atoms with E-state index >= 15 is 0 Å². The number of benzene rings is 2. The molecule has 0 N–H and O–H groups in total. The maximum Gasteiger partial charge on any atom is 0.281 e. The van der Waals surface area contributed by atoms with Crippen molar-refractivity contribution in [3.63, 3.8) is 0 Å². The summed E-state index contributed by atoms with van der Waals surface area (Å²) >= 11 is 7.52. The molecule has 3 rings (SSSR count). The zero-order valence-electron chi connectivity index (χ0n) is 15.5. The van der Waals surface area contributed by atoms with Gasteiger partial charge in [-0.25, -0.2) is 0 Å². The molecule has 1 aliphatic heterocycles. The van der Waals surface area contributed by atoms with E-state index in [4.69, 9.17) is 11.6 Å². The molecule has 0 spiro atoms. The number of allylic oxidation sites excluding steroid dienone is 2. The molecule has 0 aliphatic carbocycles. The topological polar surface area (TPSA) is 56.5 Å². The SMILES string of the molecule is CSC(C#N)/C=C/C(=C1\C(=O)N(c2cccc(Cl)c2)N=C1C)c1ccccc1. The Labute approximate surface area is 173 Å². The van der Waals surface area contributed by atoms with Crippen LogP contribution in [0.1, 0.15) is 12.5 Å². The van der Waals surface area contributed by atoms with E-state index in [-0.39, 0.29) is 11.2 Å². The van der Waals surface area contributed by atoms with E-state index in [1.54, 1.807) is 24.3 Å². The van der Waals surface area contributed by atoms with Crippen molar-refractivity contribution in [2.75, 3.05) is 11.3 Å². The summed E-state index contributed by atoms with van der Waals surface area (Å²) in [4.78, 5) is 13.2. The summed E-state index contributed by atoms with van der Waals surface area (Å²) in [5.74, 6) is -0.221. The van der Waals surface area contributed by atoms with Crippen LogP contribution in [0, 0.1) is 11.3 Å². The smallest absolute Gasteiger partial charge is 0.267 e. The van der Waals surface area contributed by atoms with Gasteiger partial charge in [0, 0.05) is 5.02 Å². The van der Waals surface area contributed by atoms with Crippen LogP contribution in [0.2, 0.25) is 5.02 Å². The minimum atomic E-state index is -0.294. The summed E-state index contributed by atoms with van der Waals surface area (Å²) in [6, 6.07) is 18.9. The van der Waals surface area contributed by atoms with Crippen LogP contribution in [-0.2, 0) is 4.79 Å². The van der Waals surface area contributed by atoms with Crippen molar-refractivity contribution in [1.82, 2.24) is 0 Å². The summed E-state index contributed by atoms with van der Waals surface area (Å²) in [7, 11) is 0. The van der Waals surface area contributed by atoms with Crippen LogP contribution in [-0.4, -0.2) is 23.1 Å². The fourth-order valence-electron chi connectivity index (χ4n) is 2.90. The molecule has 0 bridgehead atoms. The number of hydrazone groups is 1. The highest BCUT2D eigenvalue weighted by Crippen LogP contribution is 2.31. The molecule has 1 heterocycles. The van der Waals surface area contributed by atoms with Gasteiger partial charge in [0.25, 0.3) is 5.91 Å². The quantitative estimate of drug-likeness (QED) is 0.629. The number of carbonyl (C=O) groups is 1. The summed E-state index contributed by atoms with van der Waals surface area (Å²) in [6.07, 6.45) is 5.53. The monoisotopic (exact) mass is 407 g/mol. The first-order valence-electron chi connectivity index (χ1n) is 8.61. The van der Waals surface area contributed by atoms with Crippen LogP contribution < -0.4 is 5.01 Å². The number of nitriles is 1. The van der Waals surface area contributed by atoms with E-state index in [2.05, 4.69) is 11.2 Å². The highest BCUT2D eigenvalue weighted by Gasteiger charge is 2.31. The van der Waals surface area contributed by atoms with Gasteiger partial charge in [-0.1, -0.05) is 60.2 Å². The first-order chi connectivity index (χ1) is 13.5. The van der Waals surface area contributed by atoms with Crippen LogP contribution in [0.15, 0.2) is 77.4 Å². The van der Waals surface area contributed by atoms with Gasteiger partial charge in [0.15, 0.2) is 0 Å². The number of carbonyl (C=O) groups excluding carboxylic acids is 1. The lowest BCUT2D eigenvalue weighted by Crippen LogP contribution is -2.22.